The molecule has 0 amide bonds. The lowest BCUT2D eigenvalue weighted by molar-refractivity contribution is -0.138. The summed E-state index contributed by atoms with van der Waals surface area (Å²) >= 11 is 2.68. The Balaban J connectivity index is 1.49. The zero-order valence-corrected chi connectivity index (χ0v) is 20.8. The summed E-state index contributed by atoms with van der Waals surface area (Å²) in [5.74, 6) is -0.368. The maximum absolute atomic E-state index is 11.4. The van der Waals surface area contributed by atoms with E-state index in [9.17, 15) is 9.90 Å². The first kappa shape index (κ1) is 24.4. The van der Waals surface area contributed by atoms with E-state index in [1.54, 1.807) is 13.8 Å². The van der Waals surface area contributed by atoms with Crippen LogP contribution in [0.4, 0.5) is 5.95 Å². The van der Waals surface area contributed by atoms with Crippen LogP contribution in [0.2, 0.25) is 0 Å². The highest BCUT2D eigenvalue weighted by molar-refractivity contribution is 8.03. The third kappa shape index (κ3) is 6.23. The molecular formula is C24H23N7O2S2. The van der Waals surface area contributed by atoms with E-state index in [0.717, 1.165) is 21.3 Å². The zero-order chi connectivity index (χ0) is 24.8. The van der Waals surface area contributed by atoms with Gasteiger partial charge in [-0.1, -0.05) is 30.0 Å². The van der Waals surface area contributed by atoms with E-state index in [1.165, 1.54) is 35.5 Å². The Morgan fingerprint density at radius 1 is 1.23 bits per heavy atom. The minimum atomic E-state index is -0.948. The largest absolute Gasteiger partial charge is 0.480 e. The van der Waals surface area contributed by atoms with Gasteiger partial charge in [0.15, 0.2) is 4.34 Å². The van der Waals surface area contributed by atoms with Crippen molar-refractivity contribution in [2.45, 2.75) is 35.9 Å². The Morgan fingerprint density at radius 3 is 2.66 bits per heavy atom. The van der Waals surface area contributed by atoms with E-state index >= 15 is 0 Å². The fourth-order valence-electron chi connectivity index (χ4n) is 3.14. The molecule has 35 heavy (non-hydrogen) atoms. The molecule has 3 heterocycles. The van der Waals surface area contributed by atoms with Crippen LogP contribution in [0.3, 0.4) is 0 Å². The number of aliphatic carboxylic acids is 1. The number of nitriles is 1. The third-order valence-electron chi connectivity index (χ3n) is 5.11. The van der Waals surface area contributed by atoms with Crippen LogP contribution in [0, 0.1) is 11.3 Å². The minimum Gasteiger partial charge on any atom is -0.480 e. The number of rotatable bonds is 10. The van der Waals surface area contributed by atoms with Gasteiger partial charge in [0.25, 0.3) is 0 Å². The van der Waals surface area contributed by atoms with E-state index in [4.69, 9.17) is 5.26 Å². The van der Waals surface area contributed by atoms with Gasteiger partial charge in [0.1, 0.15) is 10.8 Å². The molecule has 0 aliphatic carbocycles. The Labute approximate surface area is 211 Å². The van der Waals surface area contributed by atoms with Crippen molar-refractivity contribution < 1.29 is 9.90 Å². The lowest BCUT2D eigenvalue weighted by Crippen LogP contribution is -2.27. The van der Waals surface area contributed by atoms with Gasteiger partial charge in [0.2, 0.25) is 5.95 Å². The number of hydrogen-bond donors (Lipinski definition) is 1. The summed E-state index contributed by atoms with van der Waals surface area (Å²) in [6, 6.07) is 11.9. The summed E-state index contributed by atoms with van der Waals surface area (Å²) in [5, 5.41) is 24.9. The molecule has 0 aliphatic rings. The number of carboxylic acid groups (broad SMARTS) is 1. The highest BCUT2D eigenvalue weighted by Crippen LogP contribution is 2.34. The van der Waals surface area contributed by atoms with E-state index in [-0.39, 0.29) is 0 Å². The summed E-state index contributed by atoms with van der Waals surface area (Å²) in [6.07, 6.45) is 7.43. The number of thiazole rings is 1. The number of carboxylic acids is 1. The molecular weight excluding hydrogens is 482 g/mol. The predicted octanol–water partition coefficient (Wildman–Crippen LogP) is 4.20. The van der Waals surface area contributed by atoms with Gasteiger partial charge in [0.05, 0.1) is 35.5 Å². The molecule has 0 saturated heterocycles. The second kappa shape index (κ2) is 10.7. The van der Waals surface area contributed by atoms with Crippen LogP contribution >= 0.6 is 23.1 Å². The van der Waals surface area contributed by atoms with Crippen molar-refractivity contribution in [3.63, 3.8) is 0 Å². The normalized spacial score (nSPS) is 11.2. The van der Waals surface area contributed by atoms with E-state index in [2.05, 4.69) is 20.1 Å². The first-order valence-electron chi connectivity index (χ1n) is 10.8. The van der Waals surface area contributed by atoms with E-state index in [1.807, 2.05) is 63.8 Å². The van der Waals surface area contributed by atoms with Crippen LogP contribution in [0.15, 0.2) is 64.8 Å². The van der Waals surface area contributed by atoms with Gasteiger partial charge in [-0.05, 0) is 26.0 Å². The monoisotopic (exact) mass is 505 g/mol. The number of benzene rings is 1. The molecule has 11 heteroatoms. The molecule has 4 aromatic rings. The van der Waals surface area contributed by atoms with Crippen LogP contribution in [0.1, 0.15) is 30.7 Å². The number of thioether (sulfide) groups is 1. The molecule has 0 spiro atoms. The molecule has 0 saturated carbocycles. The van der Waals surface area contributed by atoms with Crippen molar-refractivity contribution >= 4 is 35.0 Å². The summed E-state index contributed by atoms with van der Waals surface area (Å²) in [5.41, 5.74) is 3.22. The number of anilines is 1. The van der Waals surface area contributed by atoms with Crippen molar-refractivity contribution in [2.75, 3.05) is 11.4 Å². The van der Waals surface area contributed by atoms with Crippen molar-refractivity contribution in [3.05, 3.63) is 77.3 Å². The van der Waals surface area contributed by atoms with Gasteiger partial charge in [0, 0.05) is 36.7 Å². The lowest BCUT2D eigenvalue weighted by atomic mass is 10.2. The molecule has 0 fully saturated rings. The number of para-hydroxylation sites is 1. The van der Waals surface area contributed by atoms with Crippen LogP contribution < -0.4 is 4.90 Å². The van der Waals surface area contributed by atoms with Crippen LogP contribution in [-0.2, 0) is 17.8 Å². The molecule has 0 atom stereocenters. The average Bonchev–Trinajstić information content (AvgIpc) is 3.51. The Morgan fingerprint density at radius 2 is 1.97 bits per heavy atom. The topological polar surface area (TPSA) is 121 Å². The number of carbonyl (C=O) groups is 1. The van der Waals surface area contributed by atoms with E-state index < -0.39 is 10.7 Å². The highest BCUT2D eigenvalue weighted by Gasteiger charge is 2.29. The molecule has 1 aromatic carbocycles. The number of aromatic nitrogens is 5. The molecule has 0 radical (unpaired) electrons. The van der Waals surface area contributed by atoms with Crippen molar-refractivity contribution in [2.24, 2.45) is 0 Å². The summed E-state index contributed by atoms with van der Waals surface area (Å²) in [6.45, 7) is 4.44. The first-order valence-corrected chi connectivity index (χ1v) is 12.5. The van der Waals surface area contributed by atoms with Gasteiger partial charge in [-0.2, -0.15) is 10.4 Å². The minimum absolute atomic E-state index is 0.396. The van der Waals surface area contributed by atoms with Gasteiger partial charge in [-0.25, -0.2) is 19.6 Å². The fraction of sp³-hybridized carbons (Fsp3) is 0.250. The zero-order valence-electron chi connectivity index (χ0n) is 19.2. The number of hydrogen-bond acceptors (Lipinski definition) is 9. The summed E-state index contributed by atoms with van der Waals surface area (Å²) in [4.78, 5) is 26.8. The van der Waals surface area contributed by atoms with Crippen molar-refractivity contribution in [3.8, 4) is 11.8 Å². The van der Waals surface area contributed by atoms with Gasteiger partial charge < -0.3 is 10.0 Å². The van der Waals surface area contributed by atoms with E-state index in [0.29, 0.717) is 31.0 Å². The maximum atomic E-state index is 11.4. The standard InChI is InChI=1S/C24H23N7O2S2/c1-24(2,21(32)33)35-23-29-19(16-34-23)8-9-30(22-26-11-17(10-25)12-27-22)14-18-13-28-31(15-18)20-6-4-3-5-7-20/h3-7,11-13,15-16H,8-9,14H2,1-2H3,(H,32,33). The smallest absolute Gasteiger partial charge is 0.319 e. The second-order valence-electron chi connectivity index (χ2n) is 8.21. The molecule has 3 aromatic heterocycles. The molecule has 9 nitrogen and oxygen atoms in total. The van der Waals surface area contributed by atoms with Crippen LogP contribution in [0.25, 0.3) is 5.69 Å². The third-order valence-corrected chi connectivity index (χ3v) is 7.28. The van der Waals surface area contributed by atoms with Crippen molar-refractivity contribution in [1.29, 1.82) is 5.26 Å². The van der Waals surface area contributed by atoms with Gasteiger partial charge >= 0.3 is 5.97 Å². The Bertz CT molecular complexity index is 1330. The SMILES string of the molecule is CC(C)(Sc1nc(CCN(Cc2cnn(-c3ccccc3)c2)c2ncc(C#N)cn2)cs1)C(=O)O. The molecule has 1 N–H and O–H groups in total. The van der Waals surface area contributed by atoms with Gasteiger partial charge in [-0.15, -0.1) is 11.3 Å². The second-order valence-corrected chi connectivity index (χ2v) is 10.9. The fourth-order valence-corrected chi connectivity index (χ4v) is 5.36. The lowest BCUT2D eigenvalue weighted by Gasteiger charge is -2.21. The molecule has 0 bridgehead atoms. The molecule has 0 unspecified atom stereocenters. The predicted molar refractivity (Wildman–Crippen MR) is 135 cm³/mol. The highest BCUT2D eigenvalue weighted by atomic mass is 32.2. The van der Waals surface area contributed by atoms with Crippen molar-refractivity contribution in [1.82, 2.24) is 24.7 Å². The summed E-state index contributed by atoms with van der Waals surface area (Å²) < 4.78 is 1.59. The molecule has 0 aliphatic heterocycles. The average molecular weight is 506 g/mol. The number of nitrogens with zero attached hydrogens (tertiary/aromatic N) is 7. The maximum Gasteiger partial charge on any atom is 0.319 e. The summed E-state index contributed by atoms with van der Waals surface area (Å²) in [7, 11) is 0. The first-order chi connectivity index (χ1) is 16.8. The quantitative estimate of drug-likeness (QED) is 0.316. The Hall–Kier alpha value is -3.75. The molecule has 4 rings (SSSR count). The van der Waals surface area contributed by atoms with Crippen LogP contribution in [-0.4, -0.2) is 47.1 Å². The molecule has 178 valence electrons. The van der Waals surface area contributed by atoms with Gasteiger partial charge in [-0.3, -0.25) is 4.79 Å². The van der Waals surface area contributed by atoms with Crippen LogP contribution in [0.5, 0.6) is 0 Å². The Kier molecular flexibility index (Phi) is 7.43.